The molecule has 48 heavy (non-hydrogen) atoms. The first-order valence-electron chi connectivity index (χ1n) is 21.4. The molecule has 0 aromatic carbocycles. The van der Waals surface area contributed by atoms with Crippen LogP contribution in [0, 0.1) is 0 Å². The molecule has 0 saturated carbocycles. The molecule has 0 rings (SSSR count). The molecule has 0 aliphatic rings. The van der Waals surface area contributed by atoms with Crippen LogP contribution in [0.15, 0.2) is 0 Å². The van der Waals surface area contributed by atoms with Crippen molar-refractivity contribution in [3.8, 4) is 0 Å². The van der Waals surface area contributed by atoms with Crippen molar-refractivity contribution in [2.45, 2.75) is 257 Å². The Morgan fingerprint density at radius 2 is 0.708 bits per heavy atom. The summed E-state index contributed by atoms with van der Waals surface area (Å²) in [7, 11) is 0. The van der Waals surface area contributed by atoms with Crippen molar-refractivity contribution >= 4 is 5.91 Å². The molecule has 0 bridgehead atoms. The molecule has 6 nitrogen and oxygen atoms in total. The van der Waals surface area contributed by atoms with Crippen LogP contribution in [0.25, 0.3) is 0 Å². The number of amides is 1. The number of hydrogen-bond acceptors (Lipinski definition) is 5. The third-order valence-electron chi connectivity index (χ3n) is 10.3. The van der Waals surface area contributed by atoms with Crippen molar-refractivity contribution in [3.63, 3.8) is 0 Å². The quantitative estimate of drug-likeness (QED) is 0.0414. The summed E-state index contributed by atoms with van der Waals surface area (Å²) in [5, 5.41) is 43.6. The Labute approximate surface area is 299 Å². The molecule has 0 aliphatic heterocycles. The number of aliphatic hydroxyl groups excluding tert-OH is 4. The Hall–Kier alpha value is -0.690. The molecule has 0 aliphatic carbocycles. The van der Waals surface area contributed by atoms with E-state index in [1.165, 1.54) is 167 Å². The molecule has 0 radical (unpaired) electrons. The van der Waals surface area contributed by atoms with Crippen molar-refractivity contribution in [2.24, 2.45) is 0 Å². The molecule has 4 atom stereocenters. The van der Waals surface area contributed by atoms with Crippen LogP contribution in [0.4, 0.5) is 0 Å². The average Bonchev–Trinajstić information content (AvgIpc) is 3.09. The van der Waals surface area contributed by atoms with E-state index in [1.54, 1.807) is 0 Å². The fourth-order valence-electron chi connectivity index (χ4n) is 6.88. The molecule has 0 spiro atoms. The topological polar surface area (TPSA) is 110 Å². The van der Waals surface area contributed by atoms with E-state index in [0.717, 1.165) is 38.5 Å². The molecule has 5 N–H and O–H groups in total. The number of carbonyl (C=O) groups is 1. The minimum absolute atomic E-state index is 0.375. The Balaban J connectivity index is 3.70. The summed E-state index contributed by atoms with van der Waals surface area (Å²) in [5.41, 5.74) is 0. The van der Waals surface area contributed by atoms with Gasteiger partial charge in [-0.15, -0.1) is 0 Å². The average molecular weight is 684 g/mol. The molecular weight excluding hydrogens is 598 g/mol. The highest BCUT2D eigenvalue weighted by atomic mass is 16.3. The zero-order valence-corrected chi connectivity index (χ0v) is 32.3. The summed E-state index contributed by atoms with van der Waals surface area (Å²) in [6, 6.07) is -0.978. The second-order valence-corrected chi connectivity index (χ2v) is 15.1. The number of hydrogen-bond donors (Lipinski definition) is 5. The van der Waals surface area contributed by atoms with E-state index in [9.17, 15) is 25.2 Å². The molecule has 6 heteroatoms. The lowest BCUT2D eigenvalue weighted by Gasteiger charge is -2.27. The maximum absolute atomic E-state index is 12.5. The largest absolute Gasteiger partial charge is 0.394 e. The molecule has 1 amide bonds. The minimum atomic E-state index is -1.25. The maximum Gasteiger partial charge on any atom is 0.249 e. The molecule has 0 heterocycles. The lowest BCUT2D eigenvalue weighted by atomic mass is 9.99. The molecule has 0 fully saturated rings. The second-order valence-electron chi connectivity index (χ2n) is 15.1. The Morgan fingerprint density at radius 3 is 1.00 bits per heavy atom. The van der Waals surface area contributed by atoms with Gasteiger partial charge in [-0.1, -0.05) is 219 Å². The van der Waals surface area contributed by atoms with E-state index < -0.39 is 36.9 Å². The van der Waals surface area contributed by atoms with E-state index in [1.807, 2.05) is 0 Å². The van der Waals surface area contributed by atoms with E-state index in [4.69, 9.17) is 0 Å². The molecule has 288 valence electrons. The summed E-state index contributed by atoms with van der Waals surface area (Å²) in [6.07, 6.45) is 38.4. The third-order valence-corrected chi connectivity index (χ3v) is 10.3. The normalized spacial score (nSPS) is 14.2. The van der Waals surface area contributed by atoms with Crippen LogP contribution in [-0.4, -0.2) is 57.3 Å². The van der Waals surface area contributed by atoms with Crippen molar-refractivity contribution < 1.29 is 25.2 Å². The highest BCUT2D eigenvalue weighted by Gasteiger charge is 2.28. The van der Waals surface area contributed by atoms with E-state index >= 15 is 0 Å². The van der Waals surface area contributed by atoms with Crippen molar-refractivity contribution in [2.75, 3.05) is 6.61 Å². The van der Waals surface area contributed by atoms with E-state index in [-0.39, 0.29) is 0 Å². The van der Waals surface area contributed by atoms with E-state index in [2.05, 4.69) is 19.2 Å². The lowest BCUT2D eigenvalue weighted by Crippen LogP contribution is -2.53. The Bertz CT molecular complexity index is 648. The van der Waals surface area contributed by atoms with Gasteiger partial charge < -0.3 is 25.7 Å². The van der Waals surface area contributed by atoms with Gasteiger partial charge in [0.05, 0.1) is 18.8 Å². The zero-order valence-electron chi connectivity index (χ0n) is 32.3. The van der Waals surface area contributed by atoms with Crippen molar-refractivity contribution in [3.05, 3.63) is 0 Å². The molecule has 0 aromatic heterocycles. The van der Waals surface area contributed by atoms with Crippen LogP contribution < -0.4 is 5.32 Å². The summed E-state index contributed by atoms with van der Waals surface area (Å²) < 4.78 is 0. The first-order valence-corrected chi connectivity index (χ1v) is 21.4. The van der Waals surface area contributed by atoms with Gasteiger partial charge in [0.2, 0.25) is 5.91 Å². The lowest BCUT2D eigenvalue weighted by molar-refractivity contribution is -0.132. The number of rotatable bonds is 39. The van der Waals surface area contributed by atoms with Gasteiger partial charge in [0.1, 0.15) is 12.2 Å². The predicted octanol–water partition coefficient (Wildman–Crippen LogP) is 10.8. The van der Waals surface area contributed by atoms with Crippen LogP contribution in [0.3, 0.4) is 0 Å². The number of aliphatic hydroxyl groups is 4. The van der Waals surface area contributed by atoms with Crippen molar-refractivity contribution in [1.29, 1.82) is 0 Å². The third kappa shape index (κ3) is 31.3. The van der Waals surface area contributed by atoms with Crippen LogP contribution >= 0.6 is 0 Å². The fraction of sp³-hybridized carbons (Fsp3) is 0.976. The van der Waals surface area contributed by atoms with Gasteiger partial charge in [-0.2, -0.15) is 0 Å². The number of nitrogens with one attached hydrogen (secondary N) is 1. The van der Waals surface area contributed by atoms with Gasteiger partial charge in [0, 0.05) is 0 Å². The fourth-order valence-corrected chi connectivity index (χ4v) is 6.88. The summed E-state index contributed by atoms with van der Waals surface area (Å²) in [6.45, 7) is 4.05. The van der Waals surface area contributed by atoms with Gasteiger partial charge >= 0.3 is 0 Å². The first kappa shape index (κ1) is 47.3. The van der Waals surface area contributed by atoms with Crippen LogP contribution in [-0.2, 0) is 4.79 Å². The highest BCUT2D eigenvalue weighted by Crippen LogP contribution is 2.17. The van der Waals surface area contributed by atoms with Gasteiger partial charge in [-0.3, -0.25) is 4.79 Å². The first-order chi connectivity index (χ1) is 23.5. The summed E-state index contributed by atoms with van der Waals surface area (Å²) in [5.74, 6) is -0.581. The van der Waals surface area contributed by atoms with Crippen LogP contribution in [0.5, 0.6) is 0 Å². The standard InChI is InChI=1S/C42H85NO5/c1-3-5-7-9-11-13-15-17-18-19-20-21-22-24-25-27-29-31-33-35-39(45)41(47)38(37-44)43-42(48)40(46)36-34-32-30-28-26-23-16-14-12-10-8-6-4-2/h38-41,44-47H,3-37H2,1-2H3,(H,43,48). The second kappa shape index (κ2) is 37.6. The van der Waals surface area contributed by atoms with Crippen LogP contribution in [0.1, 0.15) is 232 Å². The van der Waals surface area contributed by atoms with Gasteiger partial charge in [-0.25, -0.2) is 0 Å². The number of unbranched alkanes of at least 4 members (excludes halogenated alkanes) is 30. The minimum Gasteiger partial charge on any atom is -0.394 e. The molecule has 4 unspecified atom stereocenters. The smallest absolute Gasteiger partial charge is 0.249 e. The van der Waals surface area contributed by atoms with Gasteiger partial charge in [0.15, 0.2) is 0 Å². The number of carbonyl (C=O) groups excluding carboxylic acids is 1. The summed E-state index contributed by atoms with van der Waals surface area (Å²) >= 11 is 0. The molecule has 0 saturated heterocycles. The van der Waals surface area contributed by atoms with Gasteiger partial charge in [0.25, 0.3) is 0 Å². The van der Waals surface area contributed by atoms with Crippen molar-refractivity contribution in [1.82, 2.24) is 5.32 Å². The predicted molar refractivity (Wildman–Crippen MR) is 205 cm³/mol. The monoisotopic (exact) mass is 684 g/mol. The Morgan fingerprint density at radius 1 is 0.438 bits per heavy atom. The molecular formula is C42H85NO5. The Kier molecular flexibility index (Phi) is 37.0. The van der Waals surface area contributed by atoms with Gasteiger partial charge in [-0.05, 0) is 12.8 Å². The summed E-state index contributed by atoms with van der Waals surface area (Å²) in [4.78, 5) is 12.5. The van der Waals surface area contributed by atoms with E-state index in [0.29, 0.717) is 12.8 Å². The zero-order chi connectivity index (χ0) is 35.3. The molecule has 0 aromatic rings. The SMILES string of the molecule is CCCCCCCCCCCCCCCCCCCCCC(O)C(O)C(CO)NC(=O)C(O)CCCCCCCCCCCCCCC. The highest BCUT2D eigenvalue weighted by molar-refractivity contribution is 5.80. The maximum atomic E-state index is 12.5. The van der Waals surface area contributed by atoms with Crippen LogP contribution in [0.2, 0.25) is 0 Å².